The van der Waals surface area contributed by atoms with E-state index in [0.29, 0.717) is 6.04 Å². The Bertz CT molecular complexity index is 636. The van der Waals surface area contributed by atoms with Crippen molar-refractivity contribution in [3.8, 4) is 11.5 Å². The number of nitrogens with zero attached hydrogens (tertiary/aromatic N) is 2. The van der Waals surface area contributed by atoms with Crippen molar-refractivity contribution < 1.29 is 9.47 Å². The van der Waals surface area contributed by atoms with Crippen LogP contribution in [0.25, 0.3) is 0 Å². The molecule has 21 heavy (non-hydrogen) atoms. The molecule has 2 aromatic rings. The molecule has 3 rings (SSSR count). The number of ether oxygens (including phenoxy) is 2. The lowest BCUT2D eigenvalue weighted by atomic mass is 9.95. The zero-order valence-corrected chi connectivity index (χ0v) is 12.6. The predicted octanol–water partition coefficient (Wildman–Crippen LogP) is 3.00. The Morgan fingerprint density at radius 1 is 1.43 bits per heavy atom. The van der Waals surface area contributed by atoms with Crippen molar-refractivity contribution in [3.63, 3.8) is 0 Å². The van der Waals surface area contributed by atoms with Gasteiger partial charge in [-0.15, -0.1) is 0 Å². The van der Waals surface area contributed by atoms with Crippen LogP contribution in [0.3, 0.4) is 0 Å². The number of fused-ring (bicyclic) bond motifs is 1. The molecule has 0 saturated carbocycles. The Kier molecular flexibility index (Phi) is 3.59. The molecule has 0 aliphatic carbocycles. The van der Waals surface area contributed by atoms with Crippen LogP contribution in [0.2, 0.25) is 0 Å². The average molecular weight is 287 g/mol. The van der Waals surface area contributed by atoms with E-state index >= 15 is 0 Å². The van der Waals surface area contributed by atoms with Crippen molar-refractivity contribution in [1.82, 2.24) is 9.78 Å². The zero-order chi connectivity index (χ0) is 15.0. The predicted molar refractivity (Wildman–Crippen MR) is 80.5 cm³/mol. The molecule has 2 atom stereocenters. The number of hydrogen-bond donors (Lipinski definition) is 1. The number of hydrogen-bond acceptors (Lipinski definition) is 4. The van der Waals surface area contributed by atoms with Gasteiger partial charge in [-0.1, -0.05) is 6.07 Å². The van der Waals surface area contributed by atoms with Crippen molar-refractivity contribution in [2.75, 3.05) is 7.11 Å². The van der Waals surface area contributed by atoms with Crippen molar-refractivity contribution in [2.24, 2.45) is 5.73 Å². The summed E-state index contributed by atoms with van der Waals surface area (Å²) in [5, 5.41) is 4.38. The van der Waals surface area contributed by atoms with E-state index in [4.69, 9.17) is 15.2 Å². The Balaban J connectivity index is 1.89. The third kappa shape index (κ3) is 2.61. The second-order valence-corrected chi connectivity index (χ2v) is 5.70. The second kappa shape index (κ2) is 5.41. The Hall–Kier alpha value is -2.01. The molecule has 1 aromatic heterocycles. The van der Waals surface area contributed by atoms with E-state index in [1.807, 2.05) is 35.3 Å². The van der Waals surface area contributed by atoms with E-state index in [2.05, 4.69) is 18.9 Å². The van der Waals surface area contributed by atoms with Crippen LogP contribution in [-0.2, 0) is 0 Å². The lowest BCUT2D eigenvalue weighted by Crippen LogP contribution is -2.24. The summed E-state index contributed by atoms with van der Waals surface area (Å²) in [7, 11) is 1.65. The largest absolute Gasteiger partial charge is 0.497 e. The van der Waals surface area contributed by atoms with Crippen LogP contribution >= 0.6 is 0 Å². The quantitative estimate of drug-likeness (QED) is 0.942. The fourth-order valence-electron chi connectivity index (χ4n) is 2.61. The maximum atomic E-state index is 6.28. The average Bonchev–Trinajstić information content (AvgIpc) is 2.96. The summed E-state index contributed by atoms with van der Waals surface area (Å²) in [6.07, 6.45) is 4.59. The van der Waals surface area contributed by atoms with E-state index in [-0.39, 0.29) is 12.1 Å². The summed E-state index contributed by atoms with van der Waals surface area (Å²) >= 11 is 0. The topological polar surface area (TPSA) is 62.3 Å². The van der Waals surface area contributed by atoms with Gasteiger partial charge in [0.2, 0.25) is 0 Å². The number of nitrogens with two attached hydrogens (primary N) is 1. The lowest BCUT2D eigenvalue weighted by Gasteiger charge is -2.30. The van der Waals surface area contributed by atoms with Crippen molar-refractivity contribution in [3.05, 3.63) is 41.7 Å². The van der Waals surface area contributed by atoms with Gasteiger partial charge in [-0.25, -0.2) is 0 Å². The highest BCUT2D eigenvalue weighted by Crippen LogP contribution is 2.41. The van der Waals surface area contributed by atoms with Gasteiger partial charge in [-0.05, 0) is 19.9 Å². The van der Waals surface area contributed by atoms with Gasteiger partial charge >= 0.3 is 0 Å². The smallest absolute Gasteiger partial charge is 0.129 e. The fraction of sp³-hybridized carbons (Fsp3) is 0.438. The molecule has 0 radical (unpaired) electrons. The summed E-state index contributed by atoms with van der Waals surface area (Å²) in [4.78, 5) is 0. The molecular formula is C16H21N3O2. The lowest BCUT2D eigenvalue weighted by molar-refractivity contribution is 0.160. The minimum Gasteiger partial charge on any atom is -0.497 e. The molecule has 0 amide bonds. The van der Waals surface area contributed by atoms with Gasteiger partial charge in [0.1, 0.15) is 17.6 Å². The summed E-state index contributed by atoms with van der Waals surface area (Å²) in [5.74, 6) is 1.58. The Morgan fingerprint density at radius 3 is 2.90 bits per heavy atom. The first-order valence-corrected chi connectivity index (χ1v) is 7.22. The van der Waals surface area contributed by atoms with Crippen molar-refractivity contribution in [1.29, 1.82) is 0 Å². The molecule has 1 aromatic carbocycles. The van der Waals surface area contributed by atoms with Crippen LogP contribution in [-0.4, -0.2) is 16.9 Å². The van der Waals surface area contributed by atoms with Crippen molar-refractivity contribution >= 4 is 0 Å². The first-order valence-electron chi connectivity index (χ1n) is 7.22. The van der Waals surface area contributed by atoms with Gasteiger partial charge in [0.25, 0.3) is 0 Å². The first kappa shape index (κ1) is 13.9. The molecule has 1 aliphatic rings. The van der Waals surface area contributed by atoms with Gasteiger partial charge < -0.3 is 15.2 Å². The SMILES string of the molecule is COc1ccc2c(c1)OC(c1cnn(C(C)C)c1)C[C@@H]2N. The van der Waals surface area contributed by atoms with Crippen LogP contribution in [0, 0.1) is 0 Å². The highest BCUT2D eigenvalue weighted by Gasteiger charge is 2.28. The molecule has 1 aliphatic heterocycles. The van der Waals surface area contributed by atoms with E-state index in [1.54, 1.807) is 7.11 Å². The Labute approximate surface area is 124 Å². The van der Waals surface area contributed by atoms with E-state index in [9.17, 15) is 0 Å². The highest BCUT2D eigenvalue weighted by molar-refractivity contribution is 5.44. The van der Waals surface area contributed by atoms with Gasteiger partial charge in [0.05, 0.1) is 13.3 Å². The molecule has 5 nitrogen and oxygen atoms in total. The van der Waals surface area contributed by atoms with Crippen LogP contribution in [0.5, 0.6) is 11.5 Å². The molecular weight excluding hydrogens is 266 g/mol. The number of methoxy groups -OCH3 is 1. The number of aromatic nitrogens is 2. The molecule has 0 spiro atoms. The first-order chi connectivity index (χ1) is 10.1. The highest BCUT2D eigenvalue weighted by atomic mass is 16.5. The van der Waals surface area contributed by atoms with Gasteiger partial charge in [-0.3, -0.25) is 4.68 Å². The number of rotatable bonds is 3. The summed E-state index contributed by atoms with van der Waals surface area (Å²) in [6, 6.07) is 6.09. The summed E-state index contributed by atoms with van der Waals surface area (Å²) < 4.78 is 13.3. The zero-order valence-electron chi connectivity index (χ0n) is 12.6. The molecule has 2 heterocycles. The molecule has 0 saturated heterocycles. The summed E-state index contributed by atoms with van der Waals surface area (Å²) in [5.41, 5.74) is 8.38. The van der Waals surface area contributed by atoms with Crippen LogP contribution in [0.4, 0.5) is 0 Å². The maximum absolute atomic E-state index is 6.28. The molecule has 0 fully saturated rings. The van der Waals surface area contributed by atoms with Gasteiger partial charge in [0.15, 0.2) is 0 Å². The summed E-state index contributed by atoms with van der Waals surface area (Å²) in [6.45, 7) is 4.20. The Morgan fingerprint density at radius 2 is 2.24 bits per heavy atom. The van der Waals surface area contributed by atoms with Crippen molar-refractivity contribution in [2.45, 2.75) is 38.5 Å². The minimum absolute atomic E-state index is 0.0351. The molecule has 2 N–H and O–H groups in total. The van der Waals surface area contributed by atoms with E-state index in [1.165, 1.54) is 0 Å². The van der Waals surface area contributed by atoms with Crippen LogP contribution < -0.4 is 15.2 Å². The number of benzene rings is 1. The fourth-order valence-corrected chi connectivity index (χ4v) is 2.61. The third-order valence-electron chi connectivity index (χ3n) is 3.88. The molecule has 112 valence electrons. The normalized spacial score (nSPS) is 21.0. The standard InChI is InChI=1S/C16H21N3O2/c1-10(2)19-9-11(8-18-19)15-7-14(17)13-5-4-12(20-3)6-16(13)21-15/h4-6,8-10,14-15H,7,17H2,1-3H3/t14-,15?/m0/s1. The third-order valence-corrected chi connectivity index (χ3v) is 3.88. The van der Waals surface area contributed by atoms with Crippen LogP contribution in [0.15, 0.2) is 30.6 Å². The second-order valence-electron chi connectivity index (χ2n) is 5.70. The van der Waals surface area contributed by atoms with Crippen LogP contribution in [0.1, 0.15) is 49.6 Å². The monoisotopic (exact) mass is 287 g/mol. The van der Waals surface area contributed by atoms with Gasteiger partial charge in [-0.2, -0.15) is 5.10 Å². The van der Waals surface area contributed by atoms with Gasteiger partial charge in [0, 0.05) is 41.9 Å². The molecule has 0 bridgehead atoms. The van der Waals surface area contributed by atoms with E-state index in [0.717, 1.165) is 29.0 Å². The molecule has 5 heteroatoms. The van der Waals surface area contributed by atoms with E-state index < -0.39 is 0 Å². The minimum atomic E-state index is -0.0629. The maximum Gasteiger partial charge on any atom is 0.129 e. The molecule has 1 unspecified atom stereocenters.